The van der Waals surface area contributed by atoms with Crippen molar-refractivity contribution in [3.05, 3.63) is 18.6 Å². The molecule has 0 aliphatic carbocycles. The number of hydrogen-bond donors (Lipinski definition) is 3. The fraction of sp³-hybridized carbons (Fsp3) is 0.455. The Labute approximate surface area is 124 Å². The van der Waals surface area contributed by atoms with Crippen LogP contribution in [0.5, 0.6) is 0 Å². The maximum Gasteiger partial charge on any atom is 0.472 e. The lowest BCUT2D eigenvalue weighted by Crippen LogP contribution is -2.39. The maximum atomic E-state index is 11.5. The molecule has 0 amide bonds. The molecule has 4 rings (SSSR count). The van der Waals surface area contributed by atoms with Gasteiger partial charge in [0.2, 0.25) is 0 Å². The molecule has 118 valence electrons. The minimum absolute atomic E-state index is 0.145. The van der Waals surface area contributed by atoms with E-state index in [9.17, 15) is 14.6 Å². The summed E-state index contributed by atoms with van der Waals surface area (Å²) < 4.78 is 28.3. The molecule has 0 spiro atoms. The lowest BCUT2D eigenvalue weighted by molar-refractivity contribution is -0.0664. The number of aromatic nitrogens is 3. The van der Waals surface area contributed by atoms with Gasteiger partial charge in [0.1, 0.15) is 23.8 Å². The van der Waals surface area contributed by atoms with Crippen LogP contribution in [0.1, 0.15) is 6.23 Å². The average molecular weight is 328 g/mol. The molecule has 10 nitrogen and oxygen atoms in total. The number of rotatable bonds is 1. The Bertz CT molecular complexity index is 781. The van der Waals surface area contributed by atoms with Gasteiger partial charge in [0, 0.05) is 6.20 Å². The number of anilines is 1. The number of nitrogens with zero attached hydrogens (tertiary/aromatic N) is 3. The predicted octanol–water partition coefficient (Wildman–Crippen LogP) is -0.212. The quantitative estimate of drug-likeness (QED) is 0.606. The Morgan fingerprint density at radius 3 is 3.09 bits per heavy atom. The van der Waals surface area contributed by atoms with Gasteiger partial charge in [-0.1, -0.05) is 0 Å². The highest BCUT2D eigenvalue weighted by Crippen LogP contribution is 2.52. The van der Waals surface area contributed by atoms with Crippen molar-refractivity contribution in [2.45, 2.75) is 24.5 Å². The van der Waals surface area contributed by atoms with Crippen molar-refractivity contribution >= 4 is 24.7 Å². The van der Waals surface area contributed by atoms with E-state index in [4.69, 9.17) is 19.5 Å². The molecular formula is C11H13N4O6P. The summed E-state index contributed by atoms with van der Waals surface area (Å²) in [6.45, 7) is -0.145. The van der Waals surface area contributed by atoms with E-state index in [1.165, 1.54) is 17.1 Å². The van der Waals surface area contributed by atoms with E-state index in [1.807, 2.05) is 0 Å². The molecule has 5 atom stereocenters. The number of phosphoric ester groups is 1. The van der Waals surface area contributed by atoms with Gasteiger partial charge in [-0.3, -0.25) is 13.6 Å². The van der Waals surface area contributed by atoms with Crippen LogP contribution in [0.3, 0.4) is 0 Å². The Balaban J connectivity index is 1.71. The van der Waals surface area contributed by atoms with E-state index in [2.05, 4.69) is 9.97 Å². The average Bonchev–Trinajstić information content (AvgIpc) is 3.01. The number of aliphatic hydroxyl groups excluding tert-OH is 1. The van der Waals surface area contributed by atoms with Gasteiger partial charge in [0.25, 0.3) is 0 Å². The van der Waals surface area contributed by atoms with Gasteiger partial charge in [-0.15, -0.1) is 0 Å². The molecular weight excluding hydrogens is 315 g/mol. The van der Waals surface area contributed by atoms with Crippen LogP contribution in [0.15, 0.2) is 18.6 Å². The van der Waals surface area contributed by atoms with Crippen LogP contribution in [0.2, 0.25) is 0 Å². The summed E-state index contributed by atoms with van der Waals surface area (Å²) in [4.78, 5) is 17.7. The molecule has 2 aromatic rings. The zero-order chi connectivity index (χ0) is 15.5. The molecule has 4 heterocycles. The maximum absolute atomic E-state index is 11.5. The Kier molecular flexibility index (Phi) is 3.02. The Morgan fingerprint density at radius 2 is 2.27 bits per heavy atom. The van der Waals surface area contributed by atoms with E-state index in [0.29, 0.717) is 16.9 Å². The van der Waals surface area contributed by atoms with Gasteiger partial charge in [-0.05, 0) is 6.07 Å². The van der Waals surface area contributed by atoms with Crippen molar-refractivity contribution in [3.8, 4) is 0 Å². The minimum Gasteiger partial charge on any atom is -0.397 e. The van der Waals surface area contributed by atoms with Crippen LogP contribution in [0, 0.1) is 0 Å². The first kappa shape index (κ1) is 14.1. The van der Waals surface area contributed by atoms with Crippen LogP contribution in [0.4, 0.5) is 5.69 Å². The van der Waals surface area contributed by atoms with Crippen molar-refractivity contribution in [1.29, 1.82) is 0 Å². The number of imidazole rings is 1. The van der Waals surface area contributed by atoms with Gasteiger partial charge in [0.15, 0.2) is 11.9 Å². The molecule has 1 unspecified atom stereocenters. The number of ether oxygens (including phenoxy) is 1. The lowest BCUT2D eigenvalue weighted by Gasteiger charge is -2.27. The second-order valence-corrected chi connectivity index (χ2v) is 6.52. The molecule has 0 bridgehead atoms. The van der Waals surface area contributed by atoms with E-state index in [-0.39, 0.29) is 6.61 Å². The van der Waals surface area contributed by atoms with Crippen molar-refractivity contribution in [3.63, 3.8) is 0 Å². The molecule has 22 heavy (non-hydrogen) atoms. The summed E-state index contributed by atoms with van der Waals surface area (Å²) >= 11 is 0. The van der Waals surface area contributed by atoms with Crippen LogP contribution in [0.25, 0.3) is 11.2 Å². The van der Waals surface area contributed by atoms with Gasteiger partial charge in [-0.2, -0.15) is 0 Å². The predicted molar refractivity (Wildman–Crippen MR) is 72.5 cm³/mol. The molecule has 2 aliphatic heterocycles. The number of nitrogen functional groups attached to an aromatic ring is 1. The van der Waals surface area contributed by atoms with Crippen molar-refractivity contribution in [2.75, 3.05) is 12.3 Å². The zero-order valence-corrected chi connectivity index (χ0v) is 12.0. The van der Waals surface area contributed by atoms with Gasteiger partial charge in [-0.25, -0.2) is 14.5 Å². The Morgan fingerprint density at radius 1 is 1.45 bits per heavy atom. The normalized spacial score (nSPS) is 38.3. The Hall–Kier alpha value is -1.55. The second-order valence-electron chi connectivity index (χ2n) is 5.11. The summed E-state index contributed by atoms with van der Waals surface area (Å²) in [5, 5.41) is 10.4. The van der Waals surface area contributed by atoms with E-state index < -0.39 is 32.4 Å². The molecule has 2 aromatic heterocycles. The van der Waals surface area contributed by atoms with Gasteiger partial charge >= 0.3 is 7.82 Å². The molecule has 0 saturated carbocycles. The third-order valence-electron chi connectivity index (χ3n) is 3.73. The minimum atomic E-state index is -4.15. The van der Waals surface area contributed by atoms with Crippen molar-refractivity contribution < 1.29 is 28.3 Å². The first-order valence-corrected chi connectivity index (χ1v) is 8.02. The van der Waals surface area contributed by atoms with E-state index in [1.54, 1.807) is 6.07 Å². The molecule has 2 aliphatic rings. The highest BCUT2D eigenvalue weighted by molar-refractivity contribution is 7.47. The molecule has 4 N–H and O–H groups in total. The summed E-state index contributed by atoms with van der Waals surface area (Å²) in [7, 11) is -4.15. The summed E-state index contributed by atoms with van der Waals surface area (Å²) in [6.07, 6.45) is -0.698. The highest BCUT2D eigenvalue weighted by Gasteiger charge is 2.52. The molecule has 2 fully saturated rings. The third-order valence-corrected chi connectivity index (χ3v) is 4.72. The van der Waals surface area contributed by atoms with Crippen molar-refractivity contribution in [1.82, 2.24) is 14.5 Å². The number of aliphatic hydroxyl groups is 1. The molecule has 2 saturated heterocycles. The molecule has 0 aromatic carbocycles. The largest absolute Gasteiger partial charge is 0.472 e. The summed E-state index contributed by atoms with van der Waals surface area (Å²) in [5.74, 6) is 0. The number of pyridine rings is 1. The van der Waals surface area contributed by atoms with E-state index in [0.717, 1.165) is 0 Å². The zero-order valence-electron chi connectivity index (χ0n) is 11.1. The fourth-order valence-electron chi connectivity index (χ4n) is 2.70. The van der Waals surface area contributed by atoms with Crippen LogP contribution < -0.4 is 5.73 Å². The standard InChI is InChI=1S/C11H13N4O6P/c12-5-1-2-13-10-7(5)14-4-15(10)11-8(16)9-6(20-11)3-19-22(17,18)21-9/h1-2,4,6,8-9,11,16H,3H2,(H2,12,13)(H,17,18)/t6-,8-,9-,11-/m1/s1. The number of fused-ring (bicyclic) bond motifs is 2. The van der Waals surface area contributed by atoms with Crippen molar-refractivity contribution in [2.24, 2.45) is 0 Å². The molecule has 11 heteroatoms. The monoisotopic (exact) mass is 328 g/mol. The van der Waals surface area contributed by atoms with Gasteiger partial charge in [0.05, 0.1) is 18.6 Å². The van der Waals surface area contributed by atoms with Gasteiger partial charge < -0.3 is 20.5 Å². The first-order valence-electron chi connectivity index (χ1n) is 6.52. The van der Waals surface area contributed by atoms with E-state index >= 15 is 0 Å². The number of phosphoric acid groups is 1. The van der Waals surface area contributed by atoms with Crippen LogP contribution >= 0.6 is 7.82 Å². The summed E-state index contributed by atoms with van der Waals surface area (Å²) in [5.41, 5.74) is 7.20. The fourth-order valence-corrected chi connectivity index (χ4v) is 3.67. The topological polar surface area (TPSA) is 142 Å². The lowest BCUT2D eigenvalue weighted by atomic mass is 10.1. The molecule has 0 radical (unpaired) electrons. The summed E-state index contributed by atoms with van der Waals surface area (Å²) in [6, 6.07) is 1.62. The smallest absolute Gasteiger partial charge is 0.397 e. The second kappa shape index (κ2) is 4.72. The first-order chi connectivity index (χ1) is 10.5. The third kappa shape index (κ3) is 2.04. The number of hydrogen-bond acceptors (Lipinski definition) is 8. The van der Waals surface area contributed by atoms with Crippen LogP contribution in [-0.2, 0) is 18.3 Å². The van der Waals surface area contributed by atoms with Crippen LogP contribution in [-0.4, -0.2) is 49.5 Å². The number of nitrogens with two attached hydrogens (primary N) is 1. The highest BCUT2D eigenvalue weighted by atomic mass is 31.2. The SMILES string of the molecule is Nc1ccnc2c1ncn2[C@@H]1O[C@@H]2COP(=O)(O)O[C@H]2[C@H]1O.